The molecule has 4 heteroatoms. The zero-order valence-electron chi connectivity index (χ0n) is 13.1. The summed E-state index contributed by atoms with van der Waals surface area (Å²) in [5.74, 6) is 4.14. The van der Waals surface area contributed by atoms with Crippen LogP contribution in [0.25, 0.3) is 0 Å². The molecule has 2 saturated carbocycles. The summed E-state index contributed by atoms with van der Waals surface area (Å²) in [5, 5.41) is 11.1. The Kier molecular flexibility index (Phi) is 3.84. The molecule has 3 N–H and O–H groups in total. The van der Waals surface area contributed by atoms with Gasteiger partial charge in [0.05, 0.1) is 0 Å². The van der Waals surface area contributed by atoms with Crippen molar-refractivity contribution in [3.05, 3.63) is 22.7 Å². The molecule has 0 aromatic rings. The van der Waals surface area contributed by atoms with Gasteiger partial charge in [-0.3, -0.25) is 0 Å². The van der Waals surface area contributed by atoms with Crippen LogP contribution in [0.15, 0.2) is 22.7 Å². The van der Waals surface area contributed by atoms with E-state index in [0.717, 1.165) is 24.3 Å². The van der Waals surface area contributed by atoms with Gasteiger partial charge >= 0.3 is 139 Å². The molecule has 3 nitrogen and oxygen atoms in total. The van der Waals surface area contributed by atoms with Crippen LogP contribution in [0.5, 0.6) is 0 Å². The van der Waals surface area contributed by atoms with Crippen LogP contribution in [-0.2, 0) is 0 Å². The van der Waals surface area contributed by atoms with Gasteiger partial charge in [0.25, 0.3) is 0 Å². The van der Waals surface area contributed by atoms with E-state index in [1.54, 1.807) is 0 Å². The number of hydrogen-bond donors (Lipinski definition) is 3. The summed E-state index contributed by atoms with van der Waals surface area (Å²) in [5.41, 5.74) is 5.02. The van der Waals surface area contributed by atoms with E-state index in [1.807, 2.05) is 11.1 Å². The molecular formula is C17H27IN3-. The SMILES string of the molecule is CCC(N/C1=C(\C)NCCC[I-]CN1)C1CC1C1=C2CC21. The minimum atomic E-state index is 0.332. The molecule has 4 rings (SSSR count). The molecule has 0 aromatic heterocycles. The Labute approximate surface area is 138 Å². The summed E-state index contributed by atoms with van der Waals surface area (Å²) in [4.78, 5) is 0. The van der Waals surface area contributed by atoms with Gasteiger partial charge in [0.1, 0.15) is 0 Å². The van der Waals surface area contributed by atoms with E-state index in [-0.39, 0.29) is 0 Å². The third kappa shape index (κ3) is 2.92. The third-order valence-electron chi connectivity index (χ3n) is 5.42. The van der Waals surface area contributed by atoms with E-state index in [0.29, 0.717) is 27.2 Å². The predicted molar refractivity (Wildman–Crippen MR) is 82.1 cm³/mol. The van der Waals surface area contributed by atoms with E-state index in [2.05, 4.69) is 29.8 Å². The van der Waals surface area contributed by atoms with Gasteiger partial charge in [0.15, 0.2) is 0 Å². The molecule has 2 fully saturated rings. The fourth-order valence-corrected chi connectivity index (χ4v) is 5.76. The van der Waals surface area contributed by atoms with E-state index in [1.165, 1.54) is 46.2 Å². The summed E-state index contributed by atoms with van der Waals surface area (Å²) < 4.78 is 2.64. The first-order valence-electron chi connectivity index (χ1n) is 8.51. The number of fused-ring (bicyclic) bond motifs is 1. The first-order chi connectivity index (χ1) is 10.3. The Balaban J connectivity index is 1.38. The van der Waals surface area contributed by atoms with E-state index in [4.69, 9.17) is 0 Å². The average molecular weight is 400 g/mol. The number of allylic oxidation sites excluding steroid dienone is 3. The molecule has 0 radical (unpaired) electrons. The van der Waals surface area contributed by atoms with Gasteiger partial charge in [-0.05, 0) is 0 Å². The second kappa shape index (κ2) is 5.67. The van der Waals surface area contributed by atoms with Crippen molar-refractivity contribution in [3.63, 3.8) is 0 Å². The third-order valence-corrected chi connectivity index (χ3v) is 7.87. The maximum atomic E-state index is 3.86. The van der Waals surface area contributed by atoms with Crippen LogP contribution < -0.4 is 37.2 Å². The molecule has 1 aliphatic heterocycles. The molecule has 4 atom stereocenters. The van der Waals surface area contributed by atoms with E-state index in [9.17, 15) is 0 Å². The maximum absolute atomic E-state index is 3.86. The first-order valence-corrected chi connectivity index (χ1v) is 11.6. The molecule has 1 heterocycles. The summed E-state index contributed by atoms with van der Waals surface area (Å²) in [6.07, 6.45) is 5.46. The second-order valence-corrected chi connectivity index (χ2v) is 9.79. The minimum absolute atomic E-state index is 0.332. The van der Waals surface area contributed by atoms with Crippen molar-refractivity contribution in [3.8, 4) is 0 Å². The predicted octanol–water partition coefficient (Wildman–Crippen LogP) is -0.861. The van der Waals surface area contributed by atoms with Gasteiger partial charge in [0.2, 0.25) is 0 Å². The van der Waals surface area contributed by atoms with Crippen LogP contribution in [0.1, 0.15) is 39.5 Å². The topological polar surface area (TPSA) is 36.1 Å². The Hall–Kier alpha value is -0.390. The fourth-order valence-electron chi connectivity index (χ4n) is 3.81. The van der Waals surface area contributed by atoms with E-state index < -0.39 is 0 Å². The molecular weight excluding hydrogens is 373 g/mol. The van der Waals surface area contributed by atoms with Gasteiger partial charge in [-0.2, -0.15) is 0 Å². The molecule has 0 spiro atoms. The quantitative estimate of drug-likeness (QED) is 0.243. The zero-order chi connectivity index (χ0) is 14.4. The number of hydrogen-bond acceptors (Lipinski definition) is 3. The second-order valence-electron chi connectivity index (χ2n) is 6.87. The standard InChI is InChI=1S/C17H27IN3/c1-3-15(11-7-12(11)16-13-8-14(13)16)21-17-10(2)19-6-4-5-18-9-20-17/h11-13,15,19-21H,3-9H2,1-2H3/q-1/b17-10+. The molecule has 0 bridgehead atoms. The summed E-state index contributed by atoms with van der Waals surface area (Å²) in [7, 11) is 0. The molecule has 118 valence electrons. The van der Waals surface area contributed by atoms with Gasteiger partial charge < -0.3 is 0 Å². The van der Waals surface area contributed by atoms with Gasteiger partial charge in [-0.1, -0.05) is 0 Å². The van der Waals surface area contributed by atoms with Gasteiger partial charge in [-0.15, -0.1) is 0 Å². The Morgan fingerprint density at radius 1 is 1.38 bits per heavy atom. The van der Waals surface area contributed by atoms with Crippen LogP contribution in [0.4, 0.5) is 0 Å². The van der Waals surface area contributed by atoms with Crippen LogP contribution in [0, 0.1) is 17.8 Å². The molecule has 0 amide bonds. The summed E-state index contributed by atoms with van der Waals surface area (Å²) >= 11 is 0.332. The molecule has 3 aliphatic carbocycles. The van der Waals surface area contributed by atoms with Crippen molar-refractivity contribution in [1.82, 2.24) is 16.0 Å². The van der Waals surface area contributed by atoms with Crippen LogP contribution >= 0.6 is 0 Å². The molecule has 0 saturated heterocycles. The molecule has 4 unspecified atom stereocenters. The van der Waals surface area contributed by atoms with Crippen LogP contribution in [-0.4, -0.2) is 21.6 Å². The summed E-state index contributed by atoms with van der Waals surface area (Å²) in [6, 6.07) is 0.654. The monoisotopic (exact) mass is 400 g/mol. The first kappa shape index (κ1) is 14.2. The van der Waals surface area contributed by atoms with Crippen LogP contribution in [0.3, 0.4) is 0 Å². The average Bonchev–Trinajstić information content (AvgIpc) is 3.31. The van der Waals surface area contributed by atoms with Crippen molar-refractivity contribution in [2.24, 2.45) is 17.8 Å². The zero-order valence-corrected chi connectivity index (χ0v) is 15.3. The van der Waals surface area contributed by atoms with E-state index >= 15 is 0 Å². The van der Waals surface area contributed by atoms with Crippen molar-refractivity contribution < 1.29 is 21.2 Å². The Morgan fingerprint density at radius 2 is 2.24 bits per heavy atom. The molecule has 0 aromatic carbocycles. The summed E-state index contributed by atoms with van der Waals surface area (Å²) in [6.45, 7) is 5.69. The number of halogens is 1. The van der Waals surface area contributed by atoms with Crippen molar-refractivity contribution in [2.75, 3.05) is 15.5 Å². The van der Waals surface area contributed by atoms with Crippen molar-refractivity contribution in [2.45, 2.75) is 45.6 Å². The fraction of sp³-hybridized carbons (Fsp3) is 0.765. The van der Waals surface area contributed by atoms with Gasteiger partial charge in [0, 0.05) is 0 Å². The van der Waals surface area contributed by atoms with Gasteiger partial charge in [-0.25, -0.2) is 0 Å². The Bertz CT molecular complexity index is 496. The number of rotatable bonds is 5. The molecule has 21 heavy (non-hydrogen) atoms. The Morgan fingerprint density at radius 3 is 2.95 bits per heavy atom. The van der Waals surface area contributed by atoms with Crippen molar-refractivity contribution in [1.29, 1.82) is 0 Å². The molecule has 4 aliphatic rings. The number of alkyl halides is 2. The van der Waals surface area contributed by atoms with Crippen LogP contribution in [0.2, 0.25) is 0 Å². The number of nitrogens with one attached hydrogen (secondary N) is 3. The van der Waals surface area contributed by atoms with Crippen molar-refractivity contribution >= 4 is 0 Å². The normalized spacial score (nSPS) is 39.4.